The molecule has 98 valence electrons. The van der Waals surface area contributed by atoms with Crippen molar-refractivity contribution in [1.82, 2.24) is 5.32 Å². The zero-order valence-corrected chi connectivity index (χ0v) is 13.0. The lowest BCUT2D eigenvalue weighted by Gasteiger charge is -2.14. The topological polar surface area (TPSA) is 21.3 Å². The fraction of sp³-hybridized carbons (Fsp3) is 0.538. The van der Waals surface area contributed by atoms with E-state index in [4.69, 9.17) is 4.74 Å². The average molecular weight is 323 g/mol. The summed E-state index contributed by atoms with van der Waals surface area (Å²) in [5.74, 6) is 0.974. The van der Waals surface area contributed by atoms with E-state index in [2.05, 4.69) is 41.2 Å². The third-order valence-corrected chi connectivity index (χ3v) is 3.07. The maximum absolute atomic E-state index is 5.60. The average Bonchev–Trinajstić information content (AvgIpc) is 2.29. The Labute approximate surface area is 119 Å². The van der Waals surface area contributed by atoms with Crippen LogP contribution in [0.4, 0.5) is 0 Å². The normalized spacial score (nSPS) is 11.8. The summed E-state index contributed by atoms with van der Waals surface area (Å²) in [5.41, 5.74) is 1.21. The van der Waals surface area contributed by atoms with Gasteiger partial charge in [-0.2, -0.15) is 0 Å². The number of ether oxygens (including phenoxy) is 1. The lowest BCUT2D eigenvalue weighted by molar-refractivity contribution is 0.334. The minimum atomic E-state index is 0. The largest absolute Gasteiger partial charge is 0.494 e. The molecule has 1 atom stereocenters. The number of nitrogens with one attached hydrogen (secondary N) is 1. The summed E-state index contributed by atoms with van der Waals surface area (Å²) in [6.07, 6.45) is 1.14. The predicted octanol–water partition coefficient (Wildman–Crippen LogP) is 4.16. The summed E-state index contributed by atoms with van der Waals surface area (Å²) >= 11 is 3.49. The molecule has 2 nitrogen and oxygen atoms in total. The van der Waals surface area contributed by atoms with E-state index in [-0.39, 0.29) is 12.4 Å². The van der Waals surface area contributed by atoms with Crippen molar-refractivity contribution in [3.63, 3.8) is 0 Å². The second-order valence-electron chi connectivity index (χ2n) is 3.88. The molecule has 0 heterocycles. The summed E-state index contributed by atoms with van der Waals surface area (Å²) < 4.78 is 6.69. The van der Waals surface area contributed by atoms with E-state index >= 15 is 0 Å². The number of halogens is 2. The number of rotatable bonds is 6. The highest BCUT2D eigenvalue weighted by molar-refractivity contribution is 9.10. The van der Waals surface area contributed by atoms with Crippen LogP contribution in [0.1, 0.15) is 32.8 Å². The Hall–Kier alpha value is -0.250. The maximum atomic E-state index is 5.60. The molecule has 0 fully saturated rings. The van der Waals surface area contributed by atoms with Gasteiger partial charge in [0.05, 0.1) is 6.61 Å². The van der Waals surface area contributed by atoms with Crippen LogP contribution in [-0.2, 0) is 6.54 Å². The third kappa shape index (κ3) is 5.75. The summed E-state index contributed by atoms with van der Waals surface area (Å²) in [5, 5.41) is 3.47. The van der Waals surface area contributed by atoms with Gasteiger partial charge in [-0.1, -0.05) is 22.9 Å². The lowest BCUT2D eigenvalue weighted by atomic mass is 10.2. The van der Waals surface area contributed by atoms with Crippen molar-refractivity contribution >= 4 is 28.3 Å². The van der Waals surface area contributed by atoms with Gasteiger partial charge in [-0.05, 0) is 38.5 Å². The van der Waals surface area contributed by atoms with Crippen molar-refractivity contribution in [3.8, 4) is 5.75 Å². The quantitative estimate of drug-likeness (QED) is 0.849. The van der Waals surface area contributed by atoms with Crippen LogP contribution in [-0.4, -0.2) is 12.6 Å². The smallest absolute Gasteiger partial charge is 0.123 e. The number of hydrogen-bond acceptors (Lipinski definition) is 2. The standard InChI is InChI=1S/C13H20BrNO.ClH/c1-4-10(3)15-9-11-8-12(14)6-7-13(11)16-5-2;/h6-8,10,15H,4-5,9H2,1-3H3;1H. The van der Waals surface area contributed by atoms with E-state index in [1.807, 2.05) is 19.1 Å². The molecule has 1 N–H and O–H groups in total. The Kier molecular flexibility index (Phi) is 8.66. The van der Waals surface area contributed by atoms with Gasteiger partial charge in [0.2, 0.25) is 0 Å². The van der Waals surface area contributed by atoms with Gasteiger partial charge >= 0.3 is 0 Å². The summed E-state index contributed by atoms with van der Waals surface area (Å²) in [7, 11) is 0. The van der Waals surface area contributed by atoms with Crippen molar-refractivity contribution in [1.29, 1.82) is 0 Å². The zero-order valence-electron chi connectivity index (χ0n) is 10.6. The third-order valence-electron chi connectivity index (χ3n) is 2.58. The van der Waals surface area contributed by atoms with E-state index in [1.54, 1.807) is 0 Å². The molecular weight excluding hydrogens is 302 g/mol. The van der Waals surface area contributed by atoms with Crippen LogP contribution in [0.3, 0.4) is 0 Å². The van der Waals surface area contributed by atoms with E-state index in [0.717, 1.165) is 23.2 Å². The van der Waals surface area contributed by atoms with Gasteiger partial charge in [-0.3, -0.25) is 0 Å². The first kappa shape index (κ1) is 16.8. The minimum absolute atomic E-state index is 0. The Morgan fingerprint density at radius 3 is 2.65 bits per heavy atom. The molecule has 0 radical (unpaired) electrons. The Balaban J connectivity index is 0.00000256. The first-order valence-corrected chi connectivity index (χ1v) is 6.61. The van der Waals surface area contributed by atoms with Crippen LogP contribution in [0.5, 0.6) is 5.75 Å². The molecule has 0 spiro atoms. The Bertz CT molecular complexity index is 333. The molecule has 17 heavy (non-hydrogen) atoms. The molecule has 1 aromatic rings. The molecule has 0 saturated carbocycles. The van der Waals surface area contributed by atoms with Crippen LogP contribution in [0.25, 0.3) is 0 Å². The Morgan fingerprint density at radius 2 is 2.06 bits per heavy atom. The van der Waals surface area contributed by atoms with Gasteiger partial charge < -0.3 is 10.1 Å². The molecular formula is C13H21BrClNO. The van der Waals surface area contributed by atoms with Gasteiger partial charge in [0.15, 0.2) is 0 Å². The molecule has 4 heteroatoms. The van der Waals surface area contributed by atoms with Crippen LogP contribution in [0.15, 0.2) is 22.7 Å². The van der Waals surface area contributed by atoms with Crippen molar-refractivity contribution < 1.29 is 4.74 Å². The molecule has 0 aromatic heterocycles. The van der Waals surface area contributed by atoms with Crippen molar-refractivity contribution in [2.75, 3.05) is 6.61 Å². The van der Waals surface area contributed by atoms with Crippen molar-refractivity contribution in [3.05, 3.63) is 28.2 Å². The SMILES string of the molecule is CCOc1ccc(Br)cc1CNC(C)CC.Cl. The van der Waals surface area contributed by atoms with E-state index in [1.165, 1.54) is 5.56 Å². The number of benzene rings is 1. The summed E-state index contributed by atoms with van der Waals surface area (Å²) in [6, 6.07) is 6.67. The van der Waals surface area contributed by atoms with Crippen LogP contribution in [0.2, 0.25) is 0 Å². The first-order valence-electron chi connectivity index (χ1n) is 5.82. The zero-order chi connectivity index (χ0) is 12.0. The molecule has 1 unspecified atom stereocenters. The molecule has 0 bridgehead atoms. The maximum Gasteiger partial charge on any atom is 0.123 e. The fourth-order valence-corrected chi connectivity index (χ4v) is 1.82. The van der Waals surface area contributed by atoms with Gasteiger partial charge in [0.25, 0.3) is 0 Å². The van der Waals surface area contributed by atoms with Crippen LogP contribution >= 0.6 is 28.3 Å². The molecule has 1 aromatic carbocycles. The highest BCUT2D eigenvalue weighted by Crippen LogP contribution is 2.23. The van der Waals surface area contributed by atoms with E-state index < -0.39 is 0 Å². The summed E-state index contributed by atoms with van der Waals surface area (Å²) in [6.45, 7) is 7.94. The van der Waals surface area contributed by atoms with Crippen molar-refractivity contribution in [2.45, 2.75) is 39.8 Å². The van der Waals surface area contributed by atoms with Gasteiger partial charge in [-0.25, -0.2) is 0 Å². The molecule has 0 aliphatic heterocycles. The molecule has 0 amide bonds. The fourth-order valence-electron chi connectivity index (χ4n) is 1.41. The van der Waals surface area contributed by atoms with E-state index in [0.29, 0.717) is 12.6 Å². The van der Waals surface area contributed by atoms with Gasteiger partial charge in [0.1, 0.15) is 5.75 Å². The van der Waals surface area contributed by atoms with Crippen LogP contribution < -0.4 is 10.1 Å². The molecule has 1 rings (SSSR count). The monoisotopic (exact) mass is 321 g/mol. The highest BCUT2D eigenvalue weighted by atomic mass is 79.9. The van der Waals surface area contributed by atoms with E-state index in [9.17, 15) is 0 Å². The lowest BCUT2D eigenvalue weighted by Crippen LogP contribution is -2.24. The van der Waals surface area contributed by atoms with Crippen LogP contribution in [0, 0.1) is 0 Å². The Morgan fingerprint density at radius 1 is 1.35 bits per heavy atom. The van der Waals surface area contributed by atoms with Crippen molar-refractivity contribution in [2.24, 2.45) is 0 Å². The van der Waals surface area contributed by atoms with Gasteiger partial charge in [0, 0.05) is 22.6 Å². The first-order chi connectivity index (χ1) is 7.67. The van der Waals surface area contributed by atoms with Gasteiger partial charge in [-0.15, -0.1) is 12.4 Å². The molecule has 0 aliphatic carbocycles. The highest BCUT2D eigenvalue weighted by Gasteiger charge is 2.05. The second kappa shape index (κ2) is 8.78. The molecule has 0 aliphatic rings. The second-order valence-corrected chi connectivity index (χ2v) is 4.79. The minimum Gasteiger partial charge on any atom is -0.494 e. The number of hydrogen-bond donors (Lipinski definition) is 1. The molecule has 0 saturated heterocycles. The predicted molar refractivity (Wildman–Crippen MR) is 79.2 cm³/mol. The summed E-state index contributed by atoms with van der Waals surface area (Å²) in [4.78, 5) is 0.